The van der Waals surface area contributed by atoms with E-state index in [0.29, 0.717) is 31.6 Å². The fourth-order valence-corrected chi connectivity index (χ4v) is 4.14. The summed E-state index contributed by atoms with van der Waals surface area (Å²) in [6.45, 7) is 6.53. The Kier molecular flexibility index (Phi) is 7.40. The van der Waals surface area contributed by atoms with E-state index in [-0.39, 0.29) is 23.3 Å². The maximum atomic E-state index is 13.0. The van der Waals surface area contributed by atoms with Crippen molar-refractivity contribution < 1.29 is 19.5 Å². The first-order valence-corrected chi connectivity index (χ1v) is 10.1. The molecule has 27 heavy (non-hydrogen) atoms. The Hall–Kier alpha value is -1.47. The smallest absolute Gasteiger partial charge is 0.243 e. The fraction of sp³-hybridized carbons (Fsp3) is 0.850. The molecule has 3 unspecified atom stereocenters. The Bertz CT molecular complexity index is 542. The van der Waals surface area contributed by atoms with Gasteiger partial charge in [-0.2, -0.15) is 0 Å². The number of hydrogen-bond donors (Lipinski definition) is 3. The molecule has 3 N–H and O–H groups in total. The molecule has 1 saturated carbocycles. The second-order valence-corrected chi connectivity index (χ2v) is 9.05. The van der Waals surface area contributed by atoms with Gasteiger partial charge < -0.3 is 25.4 Å². The Morgan fingerprint density at radius 2 is 1.89 bits per heavy atom. The molecule has 2 fully saturated rings. The highest BCUT2D eigenvalue weighted by molar-refractivity contribution is 5.91. The maximum absolute atomic E-state index is 13.0. The highest BCUT2D eigenvalue weighted by atomic mass is 16.3. The number of aldehydes is 1. The topological polar surface area (TPSA) is 98.7 Å². The van der Waals surface area contributed by atoms with E-state index in [9.17, 15) is 19.5 Å². The first kappa shape index (κ1) is 21.8. The van der Waals surface area contributed by atoms with E-state index >= 15 is 0 Å². The van der Waals surface area contributed by atoms with Gasteiger partial charge in [0.25, 0.3) is 0 Å². The number of nitrogens with one attached hydrogen (secondary N) is 2. The number of aliphatic hydroxyl groups excluding tert-OH is 1. The third-order valence-corrected chi connectivity index (χ3v) is 5.93. The van der Waals surface area contributed by atoms with Crippen molar-refractivity contribution in [3.63, 3.8) is 0 Å². The largest absolute Gasteiger partial charge is 0.383 e. The molecule has 0 radical (unpaired) electrons. The van der Waals surface area contributed by atoms with Crippen molar-refractivity contribution in [2.24, 2.45) is 11.3 Å². The third kappa shape index (κ3) is 5.29. The minimum Gasteiger partial charge on any atom is -0.383 e. The maximum Gasteiger partial charge on any atom is 0.243 e. The Morgan fingerprint density at radius 1 is 1.22 bits per heavy atom. The summed E-state index contributed by atoms with van der Waals surface area (Å²) in [5, 5.41) is 15.9. The van der Waals surface area contributed by atoms with E-state index < -0.39 is 18.2 Å². The van der Waals surface area contributed by atoms with Gasteiger partial charge in [0.2, 0.25) is 11.8 Å². The molecule has 4 atom stereocenters. The molecular formula is C20H35N3O4. The highest BCUT2D eigenvalue weighted by Gasteiger charge is 2.41. The van der Waals surface area contributed by atoms with Crippen LogP contribution in [0.4, 0.5) is 0 Å². The van der Waals surface area contributed by atoms with Gasteiger partial charge in [0.1, 0.15) is 12.1 Å². The molecule has 1 aliphatic carbocycles. The summed E-state index contributed by atoms with van der Waals surface area (Å²) in [6.07, 6.45) is 4.55. The summed E-state index contributed by atoms with van der Waals surface area (Å²) in [5.41, 5.74) is -0.268. The van der Waals surface area contributed by atoms with Crippen LogP contribution in [0.15, 0.2) is 0 Å². The monoisotopic (exact) mass is 381 g/mol. The number of likely N-dealkylation sites (tertiary alicyclic amines) is 1. The van der Waals surface area contributed by atoms with Crippen LogP contribution >= 0.6 is 0 Å². The van der Waals surface area contributed by atoms with Crippen LogP contribution in [0.25, 0.3) is 0 Å². The molecule has 0 aromatic carbocycles. The summed E-state index contributed by atoms with van der Waals surface area (Å²) < 4.78 is 0. The van der Waals surface area contributed by atoms with Crippen molar-refractivity contribution in [3.8, 4) is 0 Å². The van der Waals surface area contributed by atoms with E-state index in [2.05, 4.69) is 10.6 Å². The average Bonchev–Trinajstić information content (AvgIpc) is 3.05. The van der Waals surface area contributed by atoms with Crippen LogP contribution in [-0.2, 0) is 14.4 Å². The van der Waals surface area contributed by atoms with Gasteiger partial charge >= 0.3 is 0 Å². The Morgan fingerprint density at radius 3 is 2.37 bits per heavy atom. The molecule has 154 valence electrons. The summed E-state index contributed by atoms with van der Waals surface area (Å²) in [5.74, 6) is 0.102. The summed E-state index contributed by atoms with van der Waals surface area (Å²) in [7, 11) is 1.76. The second-order valence-electron chi connectivity index (χ2n) is 9.05. The molecule has 1 aliphatic heterocycles. The van der Waals surface area contributed by atoms with Crippen LogP contribution in [0.2, 0.25) is 0 Å². The Balaban J connectivity index is 2.06. The lowest BCUT2D eigenvalue weighted by atomic mass is 9.80. The second kappa shape index (κ2) is 9.15. The van der Waals surface area contributed by atoms with Crippen molar-refractivity contribution in [1.29, 1.82) is 0 Å². The van der Waals surface area contributed by atoms with Crippen molar-refractivity contribution in [3.05, 3.63) is 0 Å². The molecule has 0 aromatic heterocycles. The zero-order chi connectivity index (χ0) is 20.2. The molecule has 7 nitrogen and oxygen atoms in total. The van der Waals surface area contributed by atoms with E-state index in [1.165, 1.54) is 0 Å². The number of aliphatic hydroxyl groups is 1. The van der Waals surface area contributed by atoms with Gasteiger partial charge in [0.15, 0.2) is 6.29 Å². The zero-order valence-electron chi connectivity index (χ0n) is 17.0. The van der Waals surface area contributed by atoms with Crippen LogP contribution in [0.3, 0.4) is 0 Å². The van der Waals surface area contributed by atoms with Crippen molar-refractivity contribution >= 4 is 18.1 Å². The molecule has 1 saturated heterocycles. The SMILES string of the molecule is CN[C@H](C(=O)N1CCCC1C(=O)NC(CC1CCC1)C(O)C=O)C(C)(C)C. The van der Waals surface area contributed by atoms with Crippen LogP contribution in [0, 0.1) is 11.3 Å². The lowest BCUT2D eigenvalue weighted by molar-refractivity contribution is -0.142. The molecule has 0 bridgehead atoms. The zero-order valence-corrected chi connectivity index (χ0v) is 17.0. The average molecular weight is 382 g/mol. The first-order chi connectivity index (χ1) is 12.7. The van der Waals surface area contributed by atoms with Crippen molar-refractivity contribution in [2.45, 2.75) is 83.5 Å². The van der Waals surface area contributed by atoms with Gasteiger partial charge in [-0.3, -0.25) is 9.59 Å². The number of carbonyl (C=O) groups excluding carboxylic acids is 3. The van der Waals surface area contributed by atoms with Gasteiger partial charge in [-0.15, -0.1) is 0 Å². The van der Waals surface area contributed by atoms with Gasteiger partial charge in [0, 0.05) is 6.54 Å². The van der Waals surface area contributed by atoms with Crippen LogP contribution in [0.5, 0.6) is 0 Å². The Labute approximate surface area is 162 Å². The number of likely N-dealkylation sites (N-methyl/N-ethyl adjacent to an activating group) is 1. The quantitative estimate of drug-likeness (QED) is 0.541. The molecular weight excluding hydrogens is 346 g/mol. The minimum atomic E-state index is -1.21. The van der Waals surface area contributed by atoms with Crippen molar-refractivity contribution in [2.75, 3.05) is 13.6 Å². The predicted molar refractivity (Wildman–Crippen MR) is 103 cm³/mol. The standard InChI is InChI=1S/C20H35N3O4/c1-20(2,3)17(21-4)19(27)23-10-6-9-15(23)18(26)22-14(16(25)12-24)11-13-7-5-8-13/h12-17,21,25H,5-11H2,1-4H3,(H,22,26)/t14?,15?,16?,17-/m1/s1. The van der Waals surface area contributed by atoms with E-state index in [1.54, 1.807) is 11.9 Å². The predicted octanol–water partition coefficient (Wildman–Crippen LogP) is 0.846. The molecule has 2 aliphatic rings. The normalized spacial score (nSPS) is 24.0. The lowest BCUT2D eigenvalue weighted by Crippen LogP contribution is -2.57. The molecule has 0 aromatic rings. The van der Waals surface area contributed by atoms with Crippen LogP contribution in [0.1, 0.15) is 59.3 Å². The third-order valence-electron chi connectivity index (χ3n) is 5.93. The van der Waals surface area contributed by atoms with E-state index in [1.807, 2.05) is 20.8 Å². The van der Waals surface area contributed by atoms with Crippen LogP contribution < -0.4 is 10.6 Å². The number of rotatable bonds is 8. The van der Waals surface area contributed by atoms with Crippen molar-refractivity contribution in [1.82, 2.24) is 15.5 Å². The molecule has 1 heterocycles. The van der Waals surface area contributed by atoms with Gasteiger partial charge in [-0.25, -0.2) is 0 Å². The summed E-state index contributed by atoms with van der Waals surface area (Å²) in [6, 6.07) is -1.50. The molecule has 7 heteroatoms. The van der Waals surface area contributed by atoms with Gasteiger partial charge in [0.05, 0.1) is 12.1 Å². The lowest BCUT2D eigenvalue weighted by Gasteiger charge is -2.36. The molecule has 2 rings (SSSR count). The molecule has 2 amide bonds. The molecule has 0 spiro atoms. The number of amides is 2. The van der Waals surface area contributed by atoms with Crippen LogP contribution in [-0.4, -0.2) is 65.9 Å². The van der Waals surface area contributed by atoms with E-state index in [0.717, 1.165) is 25.7 Å². The number of carbonyl (C=O) groups is 3. The number of nitrogens with zero attached hydrogens (tertiary/aromatic N) is 1. The number of hydrogen-bond acceptors (Lipinski definition) is 5. The first-order valence-electron chi connectivity index (χ1n) is 10.1. The fourth-order valence-electron chi connectivity index (χ4n) is 4.14. The summed E-state index contributed by atoms with van der Waals surface area (Å²) >= 11 is 0. The van der Waals surface area contributed by atoms with Gasteiger partial charge in [-0.05, 0) is 37.6 Å². The summed E-state index contributed by atoms with van der Waals surface area (Å²) in [4.78, 5) is 38.6. The van der Waals surface area contributed by atoms with Gasteiger partial charge in [-0.1, -0.05) is 40.0 Å². The minimum absolute atomic E-state index is 0.0749. The van der Waals surface area contributed by atoms with E-state index in [4.69, 9.17) is 0 Å². The highest BCUT2D eigenvalue weighted by Crippen LogP contribution is 2.31.